The van der Waals surface area contributed by atoms with Crippen LogP contribution in [-0.2, 0) is 4.74 Å². The van der Waals surface area contributed by atoms with E-state index in [1.54, 1.807) is 12.1 Å². The standard InChI is InChI=1S/C14H17NO3/c15-8-7-13(16)11-4-3-5-12(10-11)18-14-6-1-2-9-17-14/h3-5,10,13-14,16H,1-2,6-7,9H2. The number of nitriles is 1. The molecule has 1 heterocycles. The normalized spacial score (nSPS) is 21.0. The minimum absolute atomic E-state index is 0.0867. The fraction of sp³-hybridized carbons (Fsp3) is 0.500. The van der Waals surface area contributed by atoms with Crippen molar-refractivity contribution < 1.29 is 14.6 Å². The maximum atomic E-state index is 9.74. The molecule has 4 nitrogen and oxygen atoms in total. The van der Waals surface area contributed by atoms with E-state index in [0.29, 0.717) is 11.3 Å². The van der Waals surface area contributed by atoms with Crippen LogP contribution in [0.4, 0.5) is 0 Å². The summed E-state index contributed by atoms with van der Waals surface area (Å²) in [6.45, 7) is 0.738. The van der Waals surface area contributed by atoms with Crippen molar-refractivity contribution in [2.45, 2.75) is 38.1 Å². The van der Waals surface area contributed by atoms with Gasteiger partial charge in [0.15, 0.2) is 6.29 Å². The second kappa shape index (κ2) is 6.39. The smallest absolute Gasteiger partial charge is 0.199 e. The third-order valence-corrected chi connectivity index (χ3v) is 2.93. The maximum Gasteiger partial charge on any atom is 0.199 e. The zero-order valence-corrected chi connectivity index (χ0v) is 10.2. The Morgan fingerprint density at radius 3 is 3.11 bits per heavy atom. The molecule has 1 fully saturated rings. The molecule has 0 aromatic heterocycles. The van der Waals surface area contributed by atoms with Crippen molar-refractivity contribution in [1.29, 1.82) is 5.26 Å². The molecule has 0 amide bonds. The van der Waals surface area contributed by atoms with Crippen LogP contribution in [0.1, 0.15) is 37.4 Å². The van der Waals surface area contributed by atoms with Gasteiger partial charge in [0.1, 0.15) is 5.75 Å². The molecule has 1 aromatic rings. The summed E-state index contributed by atoms with van der Waals surface area (Å²) in [6, 6.07) is 9.15. The molecule has 0 aliphatic carbocycles. The van der Waals surface area contributed by atoms with Gasteiger partial charge < -0.3 is 14.6 Å². The Kier molecular flexibility index (Phi) is 4.57. The van der Waals surface area contributed by atoms with Crippen molar-refractivity contribution >= 4 is 0 Å². The quantitative estimate of drug-likeness (QED) is 0.888. The minimum atomic E-state index is -0.758. The maximum absolute atomic E-state index is 9.74. The van der Waals surface area contributed by atoms with Crippen LogP contribution >= 0.6 is 0 Å². The van der Waals surface area contributed by atoms with Gasteiger partial charge in [0.2, 0.25) is 0 Å². The molecule has 4 heteroatoms. The number of aliphatic hydroxyl groups is 1. The summed E-state index contributed by atoms with van der Waals surface area (Å²) in [5.74, 6) is 0.677. The molecule has 1 saturated heterocycles. The van der Waals surface area contributed by atoms with E-state index in [1.807, 2.05) is 18.2 Å². The second-order valence-corrected chi connectivity index (χ2v) is 4.36. The van der Waals surface area contributed by atoms with Crippen LogP contribution in [-0.4, -0.2) is 18.0 Å². The predicted molar refractivity (Wildman–Crippen MR) is 65.9 cm³/mol. The van der Waals surface area contributed by atoms with Crippen molar-refractivity contribution in [2.75, 3.05) is 6.61 Å². The molecule has 0 radical (unpaired) electrons. The van der Waals surface area contributed by atoms with Crippen LogP contribution in [0.2, 0.25) is 0 Å². The Hall–Kier alpha value is -1.57. The van der Waals surface area contributed by atoms with E-state index >= 15 is 0 Å². The first kappa shape index (κ1) is 12.9. The van der Waals surface area contributed by atoms with E-state index in [-0.39, 0.29) is 12.7 Å². The summed E-state index contributed by atoms with van der Waals surface area (Å²) in [6.07, 6.45) is 2.23. The van der Waals surface area contributed by atoms with E-state index in [4.69, 9.17) is 14.7 Å². The molecule has 1 aliphatic heterocycles. The Labute approximate surface area is 107 Å². The monoisotopic (exact) mass is 247 g/mol. The van der Waals surface area contributed by atoms with Crippen molar-refractivity contribution in [3.05, 3.63) is 29.8 Å². The van der Waals surface area contributed by atoms with Crippen LogP contribution in [0.15, 0.2) is 24.3 Å². The van der Waals surface area contributed by atoms with Crippen LogP contribution < -0.4 is 4.74 Å². The predicted octanol–water partition coefficient (Wildman–Crippen LogP) is 2.54. The van der Waals surface area contributed by atoms with Gasteiger partial charge in [0, 0.05) is 6.42 Å². The summed E-state index contributed by atoms with van der Waals surface area (Å²) in [7, 11) is 0. The van der Waals surface area contributed by atoms with Crippen molar-refractivity contribution in [1.82, 2.24) is 0 Å². The number of rotatable bonds is 4. The van der Waals surface area contributed by atoms with Gasteiger partial charge in [0.25, 0.3) is 0 Å². The molecule has 0 bridgehead atoms. The van der Waals surface area contributed by atoms with Gasteiger partial charge in [-0.1, -0.05) is 12.1 Å². The van der Waals surface area contributed by atoms with E-state index < -0.39 is 6.10 Å². The average molecular weight is 247 g/mol. The lowest BCUT2D eigenvalue weighted by molar-refractivity contribution is -0.105. The lowest BCUT2D eigenvalue weighted by Crippen LogP contribution is -2.25. The zero-order chi connectivity index (χ0) is 12.8. The van der Waals surface area contributed by atoms with Crippen LogP contribution in [0.5, 0.6) is 5.75 Å². The minimum Gasteiger partial charge on any atom is -0.465 e. The van der Waals surface area contributed by atoms with Gasteiger partial charge in [-0.15, -0.1) is 0 Å². The molecule has 1 aliphatic rings. The first-order valence-corrected chi connectivity index (χ1v) is 6.23. The summed E-state index contributed by atoms with van der Waals surface area (Å²) >= 11 is 0. The fourth-order valence-electron chi connectivity index (χ4n) is 1.96. The molecule has 2 rings (SSSR count). The number of benzene rings is 1. The summed E-state index contributed by atoms with van der Waals surface area (Å²) in [5.41, 5.74) is 0.699. The Balaban J connectivity index is 2.00. The van der Waals surface area contributed by atoms with E-state index in [0.717, 1.165) is 25.9 Å². The third kappa shape index (κ3) is 3.46. The molecule has 2 unspecified atom stereocenters. The van der Waals surface area contributed by atoms with Gasteiger partial charge in [-0.3, -0.25) is 0 Å². The summed E-state index contributed by atoms with van der Waals surface area (Å²) in [5, 5.41) is 18.3. The molecule has 18 heavy (non-hydrogen) atoms. The third-order valence-electron chi connectivity index (χ3n) is 2.93. The zero-order valence-electron chi connectivity index (χ0n) is 10.2. The van der Waals surface area contributed by atoms with E-state index in [2.05, 4.69) is 0 Å². The molecule has 0 spiro atoms. The molecular formula is C14H17NO3. The number of hydrogen-bond acceptors (Lipinski definition) is 4. The largest absolute Gasteiger partial charge is 0.465 e. The molecule has 1 N–H and O–H groups in total. The Morgan fingerprint density at radius 1 is 1.50 bits per heavy atom. The molecule has 96 valence electrons. The summed E-state index contributed by atoms with van der Waals surface area (Å²) < 4.78 is 11.2. The van der Waals surface area contributed by atoms with Crippen LogP contribution in [0.3, 0.4) is 0 Å². The lowest BCUT2D eigenvalue weighted by Gasteiger charge is -2.23. The van der Waals surface area contributed by atoms with Crippen LogP contribution in [0, 0.1) is 11.3 Å². The molecular weight excluding hydrogens is 230 g/mol. The topological polar surface area (TPSA) is 62.5 Å². The lowest BCUT2D eigenvalue weighted by atomic mass is 10.1. The number of ether oxygens (including phenoxy) is 2. The van der Waals surface area contributed by atoms with Crippen LogP contribution in [0.25, 0.3) is 0 Å². The van der Waals surface area contributed by atoms with Gasteiger partial charge in [-0.05, 0) is 30.5 Å². The van der Waals surface area contributed by atoms with E-state index in [1.165, 1.54) is 0 Å². The highest BCUT2D eigenvalue weighted by molar-refractivity contribution is 5.30. The van der Waals surface area contributed by atoms with Crippen molar-refractivity contribution in [3.63, 3.8) is 0 Å². The average Bonchev–Trinajstić information content (AvgIpc) is 2.40. The Morgan fingerprint density at radius 2 is 2.39 bits per heavy atom. The van der Waals surface area contributed by atoms with Gasteiger partial charge in [-0.25, -0.2) is 0 Å². The fourth-order valence-corrected chi connectivity index (χ4v) is 1.96. The highest BCUT2D eigenvalue weighted by Crippen LogP contribution is 2.24. The van der Waals surface area contributed by atoms with Gasteiger partial charge in [-0.2, -0.15) is 5.26 Å². The second-order valence-electron chi connectivity index (χ2n) is 4.36. The molecule has 1 aromatic carbocycles. The summed E-state index contributed by atoms with van der Waals surface area (Å²) in [4.78, 5) is 0. The van der Waals surface area contributed by atoms with Crippen molar-refractivity contribution in [3.8, 4) is 11.8 Å². The number of aliphatic hydroxyl groups excluding tert-OH is 1. The first-order valence-electron chi connectivity index (χ1n) is 6.23. The first-order chi connectivity index (χ1) is 8.79. The number of nitrogens with zero attached hydrogens (tertiary/aromatic N) is 1. The van der Waals surface area contributed by atoms with Crippen molar-refractivity contribution in [2.24, 2.45) is 0 Å². The highest BCUT2D eigenvalue weighted by Gasteiger charge is 2.16. The number of hydrogen-bond donors (Lipinski definition) is 1. The molecule has 0 saturated carbocycles. The molecule has 2 atom stereocenters. The Bertz CT molecular complexity index is 421. The SMILES string of the molecule is N#CCC(O)c1cccc(OC2CCCCO2)c1. The van der Waals surface area contributed by atoms with Gasteiger partial charge >= 0.3 is 0 Å². The van der Waals surface area contributed by atoms with Gasteiger partial charge in [0.05, 0.1) is 25.2 Å². The van der Waals surface area contributed by atoms with E-state index in [9.17, 15) is 5.11 Å². The highest BCUT2D eigenvalue weighted by atomic mass is 16.7.